The van der Waals surface area contributed by atoms with Gasteiger partial charge in [0.05, 0.1) is 11.6 Å². The van der Waals surface area contributed by atoms with Crippen LogP contribution in [0.1, 0.15) is 5.56 Å². The number of rotatable bonds is 5. The molecule has 2 aromatic rings. The van der Waals surface area contributed by atoms with Crippen molar-refractivity contribution in [2.24, 2.45) is 5.92 Å². The molecular weight excluding hydrogens is 447 g/mol. The van der Waals surface area contributed by atoms with E-state index in [0.29, 0.717) is 24.0 Å². The van der Waals surface area contributed by atoms with Crippen LogP contribution in [0, 0.1) is 5.92 Å². The highest BCUT2D eigenvalue weighted by Crippen LogP contribution is 2.27. The summed E-state index contributed by atoms with van der Waals surface area (Å²) in [7, 11) is -3.79. The molecule has 1 amide bonds. The number of likely N-dealkylation sites (tertiary alicyclic amines) is 1. The van der Waals surface area contributed by atoms with E-state index in [1.54, 1.807) is 23.1 Å². The van der Waals surface area contributed by atoms with Gasteiger partial charge in [0.15, 0.2) is 0 Å². The summed E-state index contributed by atoms with van der Waals surface area (Å²) in [6.45, 7) is 1.63. The van der Waals surface area contributed by atoms with E-state index in [1.807, 2.05) is 24.3 Å². The van der Waals surface area contributed by atoms with Crippen LogP contribution in [0.2, 0.25) is 10.0 Å². The number of carbonyl (C=O) groups excluding carboxylic acids is 1. The van der Waals surface area contributed by atoms with Gasteiger partial charge in [-0.15, -0.1) is 0 Å². The first-order chi connectivity index (χ1) is 14.3. The lowest BCUT2D eigenvalue weighted by atomic mass is 9.91. The molecule has 0 spiro atoms. The number of amides is 1. The number of hydrogen-bond donors (Lipinski definition) is 0. The van der Waals surface area contributed by atoms with Gasteiger partial charge in [0.1, 0.15) is 11.0 Å². The fourth-order valence-electron chi connectivity index (χ4n) is 3.82. The Morgan fingerprint density at radius 1 is 1.03 bits per heavy atom. The van der Waals surface area contributed by atoms with Crippen molar-refractivity contribution in [3.63, 3.8) is 0 Å². The smallest absolute Gasteiger partial charge is 0.253 e. The Hall–Kier alpha value is -1.64. The van der Waals surface area contributed by atoms with Gasteiger partial charge in [-0.1, -0.05) is 47.5 Å². The summed E-state index contributed by atoms with van der Waals surface area (Å²) in [5, 5.41) is 0.870. The first kappa shape index (κ1) is 21.6. The molecule has 2 saturated heterocycles. The molecular formula is C21H22Cl2N2O4S. The maximum atomic E-state index is 13.0. The Labute approximate surface area is 186 Å². The van der Waals surface area contributed by atoms with E-state index in [-0.39, 0.29) is 35.5 Å². The lowest BCUT2D eigenvalue weighted by molar-refractivity contribution is -0.153. The van der Waals surface area contributed by atoms with Crippen LogP contribution in [0.3, 0.4) is 0 Å². The second-order valence-corrected chi connectivity index (χ2v) is 10.3. The zero-order valence-electron chi connectivity index (χ0n) is 16.2. The zero-order valence-corrected chi connectivity index (χ0v) is 18.5. The highest BCUT2D eigenvalue weighted by molar-refractivity contribution is 7.89. The summed E-state index contributed by atoms with van der Waals surface area (Å²) in [4.78, 5) is 14.6. The molecule has 30 heavy (non-hydrogen) atoms. The van der Waals surface area contributed by atoms with Crippen molar-refractivity contribution >= 4 is 39.1 Å². The molecule has 2 aliphatic rings. The molecule has 0 unspecified atom stereocenters. The van der Waals surface area contributed by atoms with Crippen LogP contribution in [0.4, 0.5) is 0 Å². The van der Waals surface area contributed by atoms with E-state index in [1.165, 1.54) is 15.9 Å². The molecule has 0 N–H and O–H groups in total. The molecule has 2 heterocycles. The van der Waals surface area contributed by atoms with Crippen LogP contribution >= 0.6 is 23.2 Å². The van der Waals surface area contributed by atoms with Crippen molar-refractivity contribution in [2.75, 3.05) is 32.8 Å². The molecule has 1 atom stereocenters. The minimum Gasteiger partial charge on any atom is -0.366 e. The third-order valence-corrected chi connectivity index (χ3v) is 8.08. The van der Waals surface area contributed by atoms with Crippen LogP contribution in [-0.4, -0.2) is 62.4 Å². The molecule has 2 fully saturated rings. The number of carbonyl (C=O) groups is 1. The van der Waals surface area contributed by atoms with Gasteiger partial charge in [-0.05, 0) is 42.2 Å². The van der Waals surface area contributed by atoms with E-state index in [0.717, 1.165) is 6.42 Å². The minimum absolute atomic E-state index is 0.00919. The molecule has 2 aliphatic heterocycles. The Balaban J connectivity index is 1.35. The fraction of sp³-hybridized carbons (Fsp3) is 0.381. The number of sulfonamides is 1. The Bertz CT molecular complexity index is 1020. The molecule has 9 heteroatoms. The standard InChI is InChI=1S/C21H22Cl2N2O4S/c22-17-7-5-15(6-8-17)11-16-12-24(13-16)21(26)19-14-25(9-10-29-19)30(27,28)20-4-2-1-3-18(20)23/h1-8,16,19H,9-14H2/t19-/m0/s1. The summed E-state index contributed by atoms with van der Waals surface area (Å²) in [6.07, 6.45) is 0.0759. The van der Waals surface area contributed by atoms with Crippen LogP contribution in [0.25, 0.3) is 0 Å². The quantitative estimate of drug-likeness (QED) is 0.675. The predicted octanol–water partition coefficient (Wildman–Crippen LogP) is 3.08. The van der Waals surface area contributed by atoms with Crippen molar-refractivity contribution < 1.29 is 17.9 Å². The lowest BCUT2D eigenvalue weighted by Gasteiger charge is -2.42. The van der Waals surface area contributed by atoms with E-state index in [9.17, 15) is 13.2 Å². The molecule has 0 aromatic heterocycles. The van der Waals surface area contributed by atoms with Crippen molar-refractivity contribution in [1.29, 1.82) is 0 Å². The third-order valence-electron chi connectivity index (χ3n) is 5.47. The van der Waals surface area contributed by atoms with Crippen LogP contribution in [0.5, 0.6) is 0 Å². The Morgan fingerprint density at radius 2 is 1.73 bits per heavy atom. The van der Waals surface area contributed by atoms with Crippen molar-refractivity contribution in [3.8, 4) is 0 Å². The summed E-state index contributed by atoms with van der Waals surface area (Å²) in [5.74, 6) is 0.211. The van der Waals surface area contributed by atoms with Crippen LogP contribution < -0.4 is 0 Å². The predicted molar refractivity (Wildman–Crippen MR) is 115 cm³/mol. The molecule has 0 aliphatic carbocycles. The number of morpholine rings is 1. The van der Waals surface area contributed by atoms with Gasteiger partial charge in [0, 0.05) is 31.2 Å². The molecule has 160 valence electrons. The number of nitrogens with zero attached hydrogens (tertiary/aromatic N) is 2. The van der Waals surface area contributed by atoms with Gasteiger partial charge in [-0.2, -0.15) is 4.31 Å². The molecule has 0 bridgehead atoms. The average Bonchev–Trinajstić information content (AvgIpc) is 2.71. The fourth-order valence-corrected chi connectivity index (χ4v) is 5.87. The van der Waals surface area contributed by atoms with Gasteiger partial charge in [-0.3, -0.25) is 4.79 Å². The van der Waals surface area contributed by atoms with Gasteiger partial charge in [-0.25, -0.2) is 8.42 Å². The number of ether oxygens (including phenoxy) is 1. The van der Waals surface area contributed by atoms with Crippen LogP contribution in [-0.2, 0) is 26.0 Å². The van der Waals surface area contributed by atoms with Gasteiger partial charge in [0.2, 0.25) is 10.0 Å². The van der Waals surface area contributed by atoms with Gasteiger partial charge < -0.3 is 9.64 Å². The maximum absolute atomic E-state index is 13.0. The van der Waals surface area contributed by atoms with Crippen molar-refractivity contribution in [2.45, 2.75) is 17.4 Å². The third kappa shape index (κ3) is 4.50. The van der Waals surface area contributed by atoms with Crippen LogP contribution in [0.15, 0.2) is 53.4 Å². The van der Waals surface area contributed by atoms with E-state index >= 15 is 0 Å². The summed E-state index contributed by atoms with van der Waals surface area (Å²) in [6, 6.07) is 14.0. The summed E-state index contributed by atoms with van der Waals surface area (Å²) in [5.41, 5.74) is 1.18. The molecule has 2 aromatic carbocycles. The van der Waals surface area contributed by atoms with E-state index in [4.69, 9.17) is 27.9 Å². The SMILES string of the molecule is O=C([C@@H]1CN(S(=O)(=O)c2ccccc2Cl)CCO1)N1CC(Cc2ccc(Cl)cc2)C1. The topological polar surface area (TPSA) is 66.9 Å². The number of hydrogen-bond acceptors (Lipinski definition) is 4. The second kappa shape index (κ2) is 8.85. The summed E-state index contributed by atoms with van der Waals surface area (Å²) >= 11 is 12.0. The molecule has 4 rings (SSSR count). The van der Waals surface area contributed by atoms with Crippen molar-refractivity contribution in [3.05, 3.63) is 64.1 Å². The lowest BCUT2D eigenvalue weighted by Crippen LogP contribution is -2.58. The first-order valence-corrected chi connectivity index (χ1v) is 11.9. The average molecular weight is 469 g/mol. The Kier molecular flexibility index (Phi) is 6.36. The number of benzene rings is 2. The van der Waals surface area contributed by atoms with E-state index in [2.05, 4.69) is 0 Å². The molecule has 0 saturated carbocycles. The van der Waals surface area contributed by atoms with Gasteiger partial charge in [0.25, 0.3) is 5.91 Å². The second-order valence-electron chi connectivity index (χ2n) is 7.59. The Morgan fingerprint density at radius 3 is 2.43 bits per heavy atom. The number of halogens is 2. The summed E-state index contributed by atoms with van der Waals surface area (Å²) < 4.78 is 32.8. The highest BCUT2D eigenvalue weighted by atomic mass is 35.5. The maximum Gasteiger partial charge on any atom is 0.253 e. The monoisotopic (exact) mass is 468 g/mol. The largest absolute Gasteiger partial charge is 0.366 e. The molecule has 6 nitrogen and oxygen atoms in total. The van der Waals surface area contributed by atoms with E-state index < -0.39 is 16.1 Å². The highest BCUT2D eigenvalue weighted by Gasteiger charge is 2.40. The minimum atomic E-state index is -3.79. The van der Waals surface area contributed by atoms with Crippen molar-refractivity contribution in [1.82, 2.24) is 9.21 Å². The van der Waals surface area contributed by atoms with Gasteiger partial charge >= 0.3 is 0 Å². The normalized spacial score (nSPS) is 20.7. The zero-order chi connectivity index (χ0) is 21.3. The molecule has 0 radical (unpaired) electrons. The first-order valence-electron chi connectivity index (χ1n) is 9.74.